The lowest BCUT2D eigenvalue weighted by atomic mass is 10.1. The average Bonchev–Trinajstić information content (AvgIpc) is 2.85. The Kier molecular flexibility index (Phi) is 3.38. The van der Waals surface area contributed by atoms with Crippen molar-refractivity contribution in [3.05, 3.63) is 17.5 Å². The maximum absolute atomic E-state index is 5.59. The second-order valence-corrected chi connectivity index (χ2v) is 4.06. The van der Waals surface area contributed by atoms with Crippen molar-refractivity contribution in [2.45, 2.75) is 32.2 Å². The number of hydrogen-bond acceptors (Lipinski definition) is 4. The predicted octanol–water partition coefficient (Wildman–Crippen LogP) is 1.33. The van der Waals surface area contributed by atoms with Crippen molar-refractivity contribution >= 4 is 0 Å². The molecule has 2 heterocycles. The van der Waals surface area contributed by atoms with Gasteiger partial charge in [0.05, 0.1) is 11.7 Å². The topological polar surface area (TPSA) is 55.3 Å². The Labute approximate surface area is 90.4 Å². The van der Waals surface area contributed by atoms with E-state index in [0.29, 0.717) is 12.6 Å². The molecule has 0 saturated carbocycles. The van der Waals surface area contributed by atoms with Crippen molar-refractivity contribution in [2.75, 3.05) is 19.6 Å². The molecule has 1 fully saturated rings. The van der Waals surface area contributed by atoms with E-state index in [1.807, 2.05) is 0 Å². The number of nitrogens with two attached hydrogens (primary N) is 1. The lowest BCUT2D eigenvalue weighted by molar-refractivity contribution is 0.218. The summed E-state index contributed by atoms with van der Waals surface area (Å²) in [6.45, 7) is 4.88. The van der Waals surface area contributed by atoms with Crippen LogP contribution in [-0.4, -0.2) is 29.7 Å². The highest BCUT2D eigenvalue weighted by atomic mass is 16.5. The number of hydrogen-bond donors (Lipinski definition) is 1. The maximum atomic E-state index is 5.59. The Bertz CT molecular complexity index is 311. The summed E-state index contributed by atoms with van der Waals surface area (Å²) in [6.07, 6.45) is 3.33. The fourth-order valence-corrected chi connectivity index (χ4v) is 2.23. The molecular formula is C11H19N3O. The molecule has 2 rings (SSSR count). The molecule has 0 aromatic carbocycles. The van der Waals surface area contributed by atoms with Crippen molar-refractivity contribution in [1.29, 1.82) is 0 Å². The maximum Gasteiger partial charge on any atom is 0.154 e. The van der Waals surface area contributed by atoms with Crippen molar-refractivity contribution < 1.29 is 4.52 Å². The molecule has 84 valence electrons. The molecule has 0 aliphatic carbocycles. The first-order valence-corrected chi connectivity index (χ1v) is 5.74. The zero-order valence-electron chi connectivity index (χ0n) is 9.28. The molecule has 2 N–H and O–H groups in total. The van der Waals surface area contributed by atoms with E-state index in [0.717, 1.165) is 31.0 Å². The summed E-state index contributed by atoms with van der Waals surface area (Å²) in [6, 6.07) is 2.49. The first-order valence-electron chi connectivity index (χ1n) is 5.74. The molecule has 1 aliphatic rings. The van der Waals surface area contributed by atoms with Crippen LogP contribution in [0, 0.1) is 0 Å². The predicted molar refractivity (Wildman–Crippen MR) is 58.5 cm³/mol. The monoisotopic (exact) mass is 209 g/mol. The molecule has 0 bridgehead atoms. The van der Waals surface area contributed by atoms with Gasteiger partial charge in [0.25, 0.3) is 0 Å². The van der Waals surface area contributed by atoms with Gasteiger partial charge in [-0.05, 0) is 25.8 Å². The molecule has 4 nitrogen and oxygen atoms in total. The van der Waals surface area contributed by atoms with Gasteiger partial charge in [0.15, 0.2) is 5.76 Å². The Balaban J connectivity index is 2.08. The molecule has 1 atom stereocenters. The molecule has 0 unspecified atom stereocenters. The Morgan fingerprint density at radius 2 is 2.53 bits per heavy atom. The molecule has 1 aromatic rings. The molecule has 0 radical (unpaired) electrons. The lowest BCUT2D eigenvalue weighted by Crippen LogP contribution is -2.28. The number of rotatable bonds is 4. The second-order valence-electron chi connectivity index (χ2n) is 4.06. The quantitative estimate of drug-likeness (QED) is 0.813. The molecule has 15 heavy (non-hydrogen) atoms. The van der Waals surface area contributed by atoms with Gasteiger partial charge in [-0.3, -0.25) is 4.90 Å². The summed E-state index contributed by atoms with van der Waals surface area (Å²) in [5.41, 5.74) is 6.64. The highest BCUT2D eigenvalue weighted by Gasteiger charge is 2.28. The van der Waals surface area contributed by atoms with Gasteiger partial charge < -0.3 is 10.3 Å². The number of aryl methyl sites for hydroxylation is 1. The molecular weight excluding hydrogens is 190 g/mol. The number of aromatic nitrogens is 1. The van der Waals surface area contributed by atoms with Crippen LogP contribution in [-0.2, 0) is 6.42 Å². The number of likely N-dealkylation sites (tertiary alicyclic amines) is 1. The van der Waals surface area contributed by atoms with E-state index in [1.54, 1.807) is 0 Å². The van der Waals surface area contributed by atoms with Gasteiger partial charge in [0.1, 0.15) is 0 Å². The van der Waals surface area contributed by atoms with Crippen LogP contribution >= 0.6 is 0 Å². The van der Waals surface area contributed by atoms with E-state index in [9.17, 15) is 0 Å². The molecule has 1 saturated heterocycles. The minimum atomic E-state index is 0.404. The summed E-state index contributed by atoms with van der Waals surface area (Å²) < 4.78 is 5.38. The van der Waals surface area contributed by atoms with Crippen molar-refractivity contribution in [1.82, 2.24) is 10.1 Å². The summed E-state index contributed by atoms with van der Waals surface area (Å²) in [7, 11) is 0. The SMILES string of the molecule is CCc1cc([C@@H]2CCCN2CCN)on1. The second kappa shape index (κ2) is 4.77. The van der Waals surface area contributed by atoms with Gasteiger partial charge in [-0.2, -0.15) is 0 Å². The highest BCUT2D eigenvalue weighted by molar-refractivity contribution is 5.10. The van der Waals surface area contributed by atoms with Crippen LogP contribution in [0.3, 0.4) is 0 Å². The third-order valence-electron chi connectivity index (χ3n) is 3.05. The van der Waals surface area contributed by atoms with Crippen molar-refractivity contribution in [3.8, 4) is 0 Å². The third-order valence-corrected chi connectivity index (χ3v) is 3.05. The van der Waals surface area contributed by atoms with Crippen LogP contribution in [0.5, 0.6) is 0 Å². The fraction of sp³-hybridized carbons (Fsp3) is 0.727. The van der Waals surface area contributed by atoms with E-state index < -0.39 is 0 Å². The molecule has 0 amide bonds. The first-order chi connectivity index (χ1) is 7.35. The highest BCUT2D eigenvalue weighted by Crippen LogP contribution is 2.31. The molecule has 4 heteroatoms. The first kappa shape index (κ1) is 10.6. The summed E-state index contributed by atoms with van der Waals surface area (Å²) in [5.74, 6) is 1.01. The van der Waals surface area contributed by atoms with Crippen LogP contribution in [0.2, 0.25) is 0 Å². The van der Waals surface area contributed by atoms with E-state index in [-0.39, 0.29) is 0 Å². The summed E-state index contributed by atoms with van der Waals surface area (Å²) >= 11 is 0. The zero-order chi connectivity index (χ0) is 10.7. The van der Waals surface area contributed by atoms with Crippen LogP contribution < -0.4 is 5.73 Å². The van der Waals surface area contributed by atoms with E-state index in [2.05, 4.69) is 23.0 Å². The van der Waals surface area contributed by atoms with Crippen LogP contribution in [0.4, 0.5) is 0 Å². The molecule has 1 aromatic heterocycles. The van der Waals surface area contributed by atoms with Gasteiger partial charge in [-0.1, -0.05) is 12.1 Å². The lowest BCUT2D eigenvalue weighted by Gasteiger charge is -2.20. The standard InChI is InChI=1S/C11H19N3O/c1-2-9-8-11(15-13-9)10-4-3-6-14(10)7-5-12/h8,10H,2-7,12H2,1H3/t10-/m0/s1. The largest absolute Gasteiger partial charge is 0.359 e. The van der Waals surface area contributed by atoms with E-state index in [4.69, 9.17) is 10.3 Å². The Morgan fingerprint density at radius 1 is 1.67 bits per heavy atom. The Hall–Kier alpha value is -0.870. The van der Waals surface area contributed by atoms with Crippen molar-refractivity contribution in [2.24, 2.45) is 5.73 Å². The minimum Gasteiger partial charge on any atom is -0.359 e. The van der Waals surface area contributed by atoms with E-state index in [1.165, 1.54) is 12.8 Å². The smallest absolute Gasteiger partial charge is 0.154 e. The van der Waals surface area contributed by atoms with E-state index >= 15 is 0 Å². The average molecular weight is 209 g/mol. The van der Waals surface area contributed by atoms with Gasteiger partial charge in [0, 0.05) is 19.2 Å². The summed E-state index contributed by atoms with van der Waals surface area (Å²) in [4.78, 5) is 2.39. The number of nitrogens with zero attached hydrogens (tertiary/aromatic N) is 2. The minimum absolute atomic E-state index is 0.404. The van der Waals surface area contributed by atoms with Gasteiger partial charge >= 0.3 is 0 Å². The third kappa shape index (κ3) is 2.21. The summed E-state index contributed by atoms with van der Waals surface area (Å²) in [5, 5.41) is 4.04. The van der Waals surface area contributed by atoms with Gasteiger partial charge in [0.2, 0.25) is 0 Å². The fourth-order valence-electron chi connectivity index (χ4n) is 2.23. The molecule has 1 aliphatic heterocycles. The zero-order valence-corrected chi connectivity index (χ0v) is 9.28. The van der Waals surface area contributed by atoms with Crippen LogP contribution in [0.15, 0.2) is 10.6 Å². The van der Waals surface area contributed by atoms with Crippen LogP contribution in [0.1, 0.15) is 37.3 Å². The van der Waals surface area contributed by atoms with Crippen molar-refractivity contribution in [3.63, 3.8) is 0 Å². The molecule has 0 spiro atoms. The van der Waals surface area contributed by atoms with Crippen LogP contribution in [0.25, 0.3) is 0 Å². The Morgan fingerprint density at radius 3 is 3.20 bits per heavy atom. The van der Waals surface area contributed by atoms with Gasteiger partial charge in [-0.25, -0.2) is 0 Å². The normalized spacial score (nSPS) is 22.4. The van der Waals surface area contributed by atoms with Gasteiger partial charge in [-0.15, -0.1) is 0 Å².